The Hall–Kier alpha value is -1.59. The van der Waals surface area contributed by atoms with Crippen LogP contribution in [0.1, 0.15) is 25.7 Å². The highest BCUT2D eigenvalue weighted by molar-refractivity contribution is 5.91. The van der Waals surface area contributed by atoms with Crippen LogP contribution in [0.15, 0.2) is 0 Å². The minimum atomic E-state index is -0.949. The predicted octanol–water partition coefficient (Wildman–Crippen LogP) is -0.412. The Morgan fingerprint density at radius 2 is 2.12 bits per heavy atom. The summed E-state index contributed by atoms with van der Waals surface area (Å²) in [5.74, 6) is -1.67. The van der Waals surface area contributed by atoms with Gasteiger partial charge in [0.15, 0.2) is 0 Å². The first-order chi connectivity index (χ1) is 8.09. The number of rotatable bonds is 2. The molecule has 6 heteroatoms. The Balaban J connectivity index is 2.06. The number of nitrogens with one attached hydrogen (secondary N) is 1. The second-order valence-corrected chi connectivity index (χ2v) is 4.59. The number of carbonyl (C=O) groups is 3. The molecule has 2 amide bonds. The zero-order valence-electron chi connectivity index (χ0n) is 9.52. The Morgan fingerprint density at radius 3 is 2.71 bits per heavy atom. The Labute approximate surface area is 99.0 Å². The van der Waals surface area contributed by atoms with E-state index in [1.165, 1.54) is 4.90 Å². The van der Waals surface area contributed by atoms with Gasteiger partial charge in [0.25, 0.3) is 0 Å². The van der Waals surface area contributed by atoms with E-state index in [1.807, 2.05) is 0 Å². The molecule has 2 rings (SSSR count). The third-order valence-electron chi connectivity index (χ3n) is 3.40. The van der Waals surface area contributed by atoms with Gasteiger partial charge in [0.1, 0.15) is 6.04 Å². The fourth-order valence-electron chi connectivity index (χ4n) is 2.47. The van der Waals surface area contributed by atoms with E-state index in [4.69, 9.17) is 5.11 Å². The van der Waals surface area contributed by atoms with Gasteiger partial charge >= 0.3 is 5.97 Å². The van der Waals surface area contributed by atoms with Gasteiger partial charge in [-0.3, -0.25) is 9.59 Å². The largest absolute Gasteiger partial charge is 0.480 e. The zero-order chi connectivity index (χ0) is 12.4. The summed E-state index contributed by atoms with van der Waals surface area (Å²) in [7, 11) is 0. The fourth-order valence-corrected chi connectivity index (χ4v) is 2.47. The average molecular weight is 240 g/mol. The van der Waals surface area contributed by atoms with Crippen LogP contribution >= 0.6 is 0 Å². The third kappa shape index (κ3) is 2.40. The van der Waals surface area contributed by atoms with Gasteiger partial charge in [-0.2, -0.15) is 0 Å². The first-order valence-corrected chi connectivity index (χ1v) is 5.89. The van der Waals surface area contributed by atoms with Crippen LogP contribution in [0.4, 0.5) is 0 Å². The van der Waals surface area contributed by atoms with E-state index in [0.29, 0.717) is 19.5 Å². The smallest absolute Gasteiger partial charge is 0.326 e. The molecule has 2 aliphatic rings. The molecule has 6 nitrogen and oxygen atoms in total. The summed E-state index contributed by atoms with van der Waals surface area (Å²) in [6.07, 6.45) is 2.36. The molecule has 0 spiro atoms. The van der Waals surface area contributed by atoms with Crippen molar-refractivity contribution in [2.24, 2.45) is 5.92 Å². The van der Waals surface area contributed by atoms with Crippen LogP contribution in [-0.2, 0) is 14.4 Å². The molecule has 0 radical (unpaired) electrons. The van der Waals surface area contributed by atoms with Gasteiger partial charge in [-0.15, -0.1) is 0 Å². The van der Waals surface area contributed by atoms with E-state index >= 15 is 0 Å². The Morgan fingerprint density at radius 1 is 1.35 bits per heavy atom. The molecule has 0 aromatic rings. The number of piperidine rings is 1. The highest BCUT2D eigenvalue weighted by Crippen LogP contribution is 2.22. The van der Waals surface area contributed by atoms with Crippen molar-refractivity contribution in [3.05, 3.63) is 0 Å². The monoisotopic (exact) mass is 240 g/mol. The van der Waals surface area contributed by atoms with Crippen molar-refractivity contribution in [2.75, 3.05) is 13.1 Å². The molecule has 2 unspecified atom stereocenters. The first kappa shape index (κ1) is 11.9. The van der Waals surface area contributed by atoms with Crippen LogP contribution in [-0.4, -0.2) is 46.9 Å². The number of hydrogen-bond acceptors (Lipinski definition) is 3. The van der Waals surface area contributed by atoms with Gasteiger partial charge in [-0.05, 0) is 19.3 Å². The summed E-state index contributed by atoms with van der Waals surface area (Å²) < 4.78 is 0. The van der Waals surface area contributed by atoms with E-state index in [1.54, 1.807) is 0 Å². The molecule has 2 N–H and O–H groups in total. The molecule has 0 aromatic heterocycles. The minimum Gasteiger partial charge on any atom is -0.480 e. The molecule has 94 valence electrons. The van der Waals surface area contributed by atoms with Gasteiger partial charge in [0.2, 0.25) is 11.8 Å². The molecule has 17 heavy (non-hydrogen) atoms. The van der Waals surface area contributed by atoms with Crippen molar-refractivity contribution >= 4 is 17.8 Å². The van der Waals surface area contributed by atoms with Gasteiger partial charge in [0.05, 0.1) is 5.92 Å². The molecule has 0 bridgehead atoms. The third-order valence-corrected chi connectivity index (χ3v) is 3.40. The number of nitrogens with zero attached hydrogens (tertiary/aromatic N) is 1. The van der Waals surface area contributed by atoms with Crippen molar-refractivity contribution < 1.29 is 19.5 Å². The van der Waals surface area contributed by atoms with E-state index in [2.05, 4.69) is 5.32 Å². The standard InChI is InChI=1S/C11H16N2O4/c14-9-5-7(6-12-9)10(15)13-4-2-1-3-8(13)11(16)17/h7-8H,1-6H2,(H,12,14)(H,16,17). The first-order valence-electron chi connectivity index (χ1n) is 5.89. The molecular formula is C11H16N2O4. The summed E-state index contributed by atoms with van der Waals surface area (Å²) in [5, 5.41) is 11.7. The van der Waals surface area contributed by atoms with Crippen molar-refractivity contribution in [2.45, 2.75) is 31.7 Å². The fraction of sp³-hybridized carbons (Fsp3) is 0.727. The highest BCUT2D eigenvalue weighted by atomic mass is 16.4. The molecule has 2 atom stereocenters. The zero-order valence-corrected chi connectivity index (χ0v) is 9.52. The lowest BCUT2D eigenvalue weighted by atomic mass is 9.98. The molecule has 2 fully saturated rings. The molecule has 0 saturated carbocycles. The SMILES string of the molecule is O=C1CC(C(=O)N2CCCCC2C(=O)O)CN1. The van der Waals surface area contributed by atoms with Crippen LogP contribution < -0.4 is 5.32 Å². The van der Waals surface area contributed by atoms with E-state index in [9.17, 15) is 14.4 Å². The van der Waals surface area contributed by atoms with Crippen LogP contribution in [0.25, 0.3) is 0 Å². The minimum absolute atomic E-state index is 0.132. The lowest BCUT2D eigenvalue weighted by Crippen LogP contribution is -2.50. The molecular weight excluding hydrogens is 224 g/mol. The van der Waals surface area contributed by atoms with Crippen LogP contribution in [0.2, 0.25) is 0 Å². The van der Waals surface area contributed by atoms with Crippen LogP contribution in [0.3, 0.4) is 0 Å². The number of carboxylic acids is 1. The molecule has 0 aromatic carbocycles. The van der Waals surface area contributed by atoms with Crippen molar-refractivity contribution in [3.8, 4) is 0 Å². The molecule has 2 aliphatic heterocycles. The summed E-state index contributed by atoms with van der Waals surface area (Å²) in [4.78, 5) is 35.7. The van der Waals surface area contributed by atoms with E-state index < -0.39 is 12.0 Å². The summed E-state index contributed by atoms with van der Waals surface area (Å²) in [6.45, 7) is 0.820. The number of hydrogen-bond donors (Lipinski definition) is 2. The van der Waals surface area contributed by atoms with Crippen LogP contribution in [0.5, 0.6) is 0 Å². The maximum atomic E-state index is 12.1. The maximum absolute atomic E-state index is 12.1. The number of carbonyl (C=O) groups excluding carboxylic acids is 2. The van der Waals surface area contributed by atoms with Crippen LogP contribution in [0, 0.1) is 5.92 Å². The van der Waals surface area contributed by atoms with Crippen molar-refractivity contribution in [1.29, 1.82) is 0 Å². The lowest BCUT2D eigenvalue weighted by Gasteiger charge is -2.34. The number of amides is 2. The second kappa shape index (κ2) is 4.73. The topological polar surface area (TPSA) is 86.7 Å². The molecule has 0 aliphatic carbocycles. The second-order valence-electron chi connectivity index (χ2n) is 4.59. The normalized spacial score (nSPS) is 28.9. The Kier molecular flexibility index (Phi) is 3.31. The predicted molar refractivity (Wildman–Crippen MR) is 58.1 cm³/mol. The van der Waals surface area contributed by atoms with E-state index in [-0.39, 0.29) is 24.2 Å². The van der Waals surface area contributed by atoms with Crippen molar-refractivity contribution in [3.63, 3.8) is 0 Å². The van der Waals surface area contributed by atoms with E-state index in [0.717, 1.165) is 12.8 Å². The van der Waals surface area contributed by atoms with Gasteiger partial charge in [-0.25, -0.2) is 4.79 Å². The lowest BCUT2D eigenvalue weighted by molar-refractivity contribution is -0.153. The van der Waals surface area contributed by atoms with Crippen molar-refractivity contribution in [1.82, 2.24) is 10.2 Å². The Bertz CT molecular complexity index is 355. The number of aliphatic carboxylic acids is 1. The molecule has 2 saturated heterocycles. The average Bonchev–Trinajstić information content (AvgIpc) is 2.75. The highest BCUT2D eigenvalue weighted by Gasteiger charge is 2.37. The number of carboxylic acid groups (broad SMARTS) is 1. The van der Waals surface area contributed by atoms with Gasteiger partial charge in [0, 0.05) is 19.5 Å². The summed E-state index contributed by atoms with van der Waals surface area (Å²) >= 11 is 0. The van der Waals surface area contributed by atoms with Gasteiger partial charge < -0.3 is 15.3 Å². The van der Waals surface area contributed by atoms with Gasteiger partial charge in [-0.1, -0.05) is 0 Å². The maximum Gasteiger partial charge on any atom is 0.326 e. The molecule has 2 heterocycles. The summed E-state index contributed by atoms with van der Waals surface area (Å²) in [5.41, 5.74) is 0. The quantitative estimate of drug-likeness (QED) is 0.687. The summed E-state index contributed by atoms with van der Waals surface area (Å²) in [6, 6.07) is -0.716. The number of likely N-dealkylation sites (tertiary alicyclic amines) is 1.